The number of thiophene rings is 1. The number of halogens is 1. The van der Waals surface area contributed by atoms with E-state index in [9.17, 15) is 4.79 Å². The molecule has 0 aromatic carbocycles. The lowest BCUT2D eigenvalue weighted by molar-refractivity contribution is -0.136. The van der Waals surface area contributed by atoms with Crippen molar-refractivity contribution in [3.05, 3.63) is 52.5 Å². The van der Waals surface area contributed by atoms with Crippen molar-refractivity contribution in [1.29, 1.82) is 0 Å². The number of rotatable bonds is 6. The summed E-state index contributed by atoms with van der Waals surface area (Å²) in [6.45, 7) is 6.51. The SMILES string of the molecule is C=CCN(Cc1ccc(Cl)s1)C(=O)C1CCN(c2ccc3nncn3n2)CC1. The summed E-state index contributed by atoms with van der Waals surface area (Å²) >= 11 is 7.54. The lowest BCUT2D eigenvalue weighted by Gasteiger charge is -2.34. The molecule has 0 atom stereocenters. The number of carbonyl (C=O) groups excluding carboxylic acids is 1. The van der Waals surface area contributed by atoms with Gasteiger partial charge in [-0.15, -0.1) is 33.2 Å². The molecule has 1 aliphatic rings. The summed E-state index contributed by atoms with van der Waals surface area (Å²) in [6, 6.07) is 7.71. The summed E-state index contributed by atoms with van der Waals surface area (Å²) in [5.41, 5.74) is 0.725. The van der Waals surface area contributed by atoms with Gasteiger partial charge in [-0.05, 0) is 37.1 Å². The van der Waals surface area contributed by atoms with E-state index in [1.165, 1.54) is 11.3 Å². The predicted octanol–water partition coefficient (Wildman–Crippen LogP) is 3.27. The molecule has 0 bridgehead atoms. The Morgan fingerprint density at radius 1 is 1.32 bits per heavy atom. The zero-order valence-electron chi connectivity index (χ0n) is 15.4. The van der Waals surface area contributed by atoms with Gasteiger partial charge in [0.1, 0.15) is 12.1 Å². The highest BCUT2D eigenvalue weighted by Gasteiger charge is 2.29. The molecule has 3 aromatic rings. The molecule has 0 unspecified atom stereocenters. The molecule has 0 aliphatic carbocycles. The van der Waals surface area contributed by atoms with Crippen LogP contribution in [0.15, 0.2) is 43.2 Å². The quantitative estimate of drug-likeness (QED) is 0.577. The first-order chi connectivity index (χ1) is 13.6. The number of hydrogen-bond acceptors (Lipinski definition) is 6. The maximum atomic E-state index is 13.1. The maximum Gasteiger partial charge on any atom is 0.226 e. The number of anilines is 1. The molecule has 4 heterocycles. The van der Waals surface area contributed by atoms with Crippen molar-refractivity contribution in [2.45, 2.75) is 19.4 Å². The summed E-state index contributed by atoms with van der Waals surface area (Å²) in [5, 5.41) is 12.4. The van der Waals surface area contributed by atoms with Crippen LogP contribution in [-0.4, -0.2) is 50.3 Å². The molecule has 1 fully saturated rings. The van der Waals surface area contributed by atoms with E-state index < -0.39 is 0 Å². The third kappa shape index (κ3) is 4.02. The Labute approximate surface area is 172 Å². The minimum Gasteiger partial charge on any atom is -0.355 e. The first-order valence-corrected chi connectivity index (χ1v) is 10.4. The molecule has 1 amide bonds. The molecule has 0 N–H and O–H groups in total. The molecule has 3 aromatic heterocycles. The fourth-order valence-corrected chi connectivity index (χ4v) is 4.62. The van der Waals surface area contributed by atoms with Crippen LogP contribution in [0.25, 0.3) is 5.65 Å². The molecule has 7 nitrogen and oxygen atoms in total. The highest BCUT2D eigenvalue weighted by molar-refractivity contribution is 7.16. The Kier molecular flexibility index (Phi) is 5.59. The molecular weight excluding hydrogens is 396 g/mol. The molecule has 1 aliphatic heterocycles. The summed E-state index contributed by atoms with van der Waals surface area (Å²) < 4.78 is 2.41. The fourth-order valence-electron chi connectivity index (χ4n) is 3.51. The van der Waals surface area contributed by atoms with Crippen molar-refractivity contribution < 1.29 is 4.79 Å². The second-order valence-corrected chi connectivity index (χ2v) is 8.60. The van der Waals surface area contributed by atoms with Crippen LogP contribution in [0.1, 0.15) is 17.7 Å². The van der Waals surface area contributed by atoms with Gasteiger partial charge in [0.2, 0.25) is 5.91 Å². The van der Waals surface area contributed by atoms with Crippen molar-refractivity contribution in [2.75, 3.05) is 24.5 Å². The fraction of sp³-hybridized carbons (Fsp3) is 0.368. The van der Waals surface area contributed by atoms with E-state index in [0.717, 1.165) is 46.6 Å². The lowest BCUT2D eigenvalue weighted by Crippen LogP contribution is -2.42. The van der Waals surface area contributed by atoms with Gasteiger partial charge in [0.15, 0.2) is 5.65 Å². The molecule has 9 heteroatoms. The zero-order valence-corrected chi connectivity index (χ0v) is 16.9. The second kappa shape index (κ2) is 8.28. The van der Waals surface area contributed by atoms with Crippen molar-refractivity contribution in [2.24, 2.45) is 5.92 Å². The second-order valence-electron chi connectivity index (χ2n) is 6.80. The summed E-state index contributed by atoms with van der Waals surface area (Å²) in [6.07, 6.45) is 4.98. The third-order valence-corrected chi connectivity index (χ3v) is 6.17. The van der Waals surface area contributed by atoms with Crippen LogP contribution in [0.4, 0.5) is 5.82 Å². The van der Waals surface area contributed by atoms with Gasteiger partial charge in [0, 0.05) is 30.4 Å². The van der Waals surface area contributed by atoms with E-state index >= 15 is 0 Å². The van der Waals surface area contributed by atoms with Crippen molar-refractivity contribution in [3.8, 4) is 0 Å². The van der Waals surface area contributed by atoms with Gasteiger partial charge in [-0.2, -0.15) is 4.52 Å². The normalized spacial score (nSPS) is 15.1. The van der Waals surface area contributed by atoms with Gasteiger partial charge in [0.25, 0.3) is 0 Å². The zero-order chi connectivity index (χ0) is 19.5. The minimum atomic E-state index is 0.0188. The van der Waals surface area contributed by atoms with Crippen molar-refractivity contribution in [3.63, 3.8) is 0 Å². The van der Waals surface area contributed by atoms with E-state index in [2.05, 4.69) is 26.8 Å². The van der Waals surface area contributed by atoms with Gasteiger partial charge < -0.3 is 9.80 Å². The van der Waals surface area contributed by atoms with Crippen LogP contribution >= 0.6 is 22.9 Å². The highest BCUT2D eigenvalue weighted by atomic mass is 35.5. The molecule has 0 radical (unpaired) electrons. The van der Waals surface area contributed by atoms with Crippen LogP contribution in [0.5, 0.6) is 0 Å². The largest absolute Gasteiger partial charge is 0.355 e. The molecule has 4 rings (SSSR count). The van der Waals surface area contributed by atoms with Crippen LogP contribution in [-0.2, 0) is 11.3 Å². The number of hydrogen-bond donors (Lipinski definition) is 0. The van der Waals surface area contributed by atoms with E-state index in [4.69, 9.17) is 11.6 Å². The summed E-state index contributed by atoms with van der Waals surface area (Å²) in [7, 11) is 0. The number of piperidine rings is 1. The lowest BCUT2D eigenvalue weighted by atomic mass is 9.95. The van der Waals surface area contributed by atoms with Gasteiger partial charge in [-0.3, -0.25) is 4.79 Å². The van der Waals surface area contributed by atoms with Crippen LogP contribution < -0.4 is 4.90 Å². The molecule has 28 heavy (non-hydrogen) atoms. The number of nitrogens with zero attached hydrogens (tertiary/aromatic N) is 6. The molecule has 1 saturated heterocycles. The Morgan fingerprint density at radius 3 is 2.86 bits per heavy atom. The molecular formula is C19H21ClN6OS. The van der Waals surface area contributed by atoms with Crippen molar-refractivity contribution in [1.82, 2.24) is 24.7 Å². The number of aromatic nitrogens is 4. The molecule has 146 valence electrons. The average molecular weight is 417 g/mol. The number of fused-ring (bicyclic) bond motifs is 1. The first kappa shape index (κ1) is 18.9. The van der Waals surface area contributed by atoms with E-state index in [1.807, 2.05) is 29.2 Å². The Hall–Kier alpha value is -2.45. The Bertz CT molecular complexity index is 978. The van der Waals surface area contributed by atoms with E-state index in [1.54, 1.807) is 16.9 Å². The van der Waals surface area contributed by atoms with Gasteiger partial charge in [0.05, 0.1) is 10.9 Å². The maximum absolute atomic E-state index is 13.1. The van der Waals surface area contributed by atoms with Crippen LogP contribution in [0.3, 0.4) is 0 Å². The van der Waals surface area contributed by atoms with Crippen LogP contribution in [0.2, 0.25) is 4.34 Å². The number of amides is 1. The molecule has 0 saturated carbocycles. The van der Waals surface area contributed by atoms with Gasteiger partial charge in [-0.25, -0.2) is 0 Å². The van der Waals surface area contributed by atoms with Crippen molar-refractivity contribution >= 4 is 40.3 Å². The minimum absolute atomic E-state index is 0.0188. The first-order valence-electron chi connectivity index (χ1n) is 9.20. The number of carbonyl (C=O) groups is 1. The standard InChI is InChI=1S/C19H21ClN6OS/c1-2-9-25(12-15-3-4-16(20)28-15)19(27)14-7-10-24(11-8-14)18-6-5-17-22-21-13-26(17)23-18/h2-6,13-14H,1,7-12H2. The Balaban J connectivity index is 1.39. The van der Waals surface area contributed by atoms with E-state index in [0.29, 0.717) is 13.1 Å². The smallest absolute Gasteiger partial charge is 0.226 e. The van der Waals surface area contributed by atoms with Crippen LogP contribution in [0, 0.1) is 5.92 Å². The molecule has 0 spiro atoms. The topological polar surface area (TPSA) is 66.6 Å². The predicted molar refractivity (Wildman–Crippen MR) is 111 cm³/mol. The summed E-state index contributed by atoms with van der Waals surface area (Å²) in [4.78, 5) is 18.2. The highest BCUT2D eigenvalue weighted by Crippen LogP contribution is 2.26. The Morgan fingerprint density at radius 2 is 2.14 bits per heavy atom. The van der Waals surface area contributed by atoms with Gasteiger partial charge >= 0.3 is 0 Å². The average Bonchev–Trinajstić information content (AvgIpc) is 3.35. The van der Waals surface area contributed by atoms with E-state index in [-0.39, 0.29) is 11.8 Å². The third-order valence-electron chi connectivity index (χ3n) is 4.95. The van der Waals surface area contributed by atoms with Gasteiger partial charge in [-0.1, -0.05) is 17.7 Å². The monoisotopic (exact) mass is 416 g/mol. The summed E-state index contributed by atoms with van der Waals surface area (Å²) in [5.74, 6) is 1.09.